The van der Waals surface area contributed by atoms with Crippen molar-refractivity contribution < 1.29 is 4.79 Å². The number of rotatable bonds is 1. The van der Waals surface area contributed by atoms with Crippen molar-refractivity contribution in [2.24, 2.45) is 5.73 Å². The molecule has 1 heterocycles. The van der Waals surface area contributed by atoms with Gasteiger partial charge in [-0.1, -0.05) is 0 Å². The van der Waals surface area contributed by atoms with Crippen LogP contribution in [0.1, 0.15) is 0 Å². The van der Waals surface area contributed by atoms with Crippen LogP contribution >= 0.6 is 0 Å². The molecule has 0 saturated heterocycles. The molecule has 4 nitrogen and oxygen atoms in total. The second kappa shape index (κ2) is 2.50. The molecule has 0 aromatic carbocycles. The highest BCUT2D eigenvalue weighted by Gasteiger charge is 2.04. The second-order valence-electron chi connectivity index (χ2n) is 1.79. The van der Waals surface area contributed by atoms with Crippen LogP contribution in [-0.2, 0) is 4.79 Å². The number of carbonyl (C=O) groups excluding carboxylic acids is 1. The molecule has 0 fully saturated rings. The van der Waals surface area contributed by atoms with E-state index in [1.807, 2.05) is 0 Å². The molecule has 4 N–H and O–H groups in total. The molecule has 0 bridgehead atoms. The monoisotopic (exact) mass is 127 g/mol. The molecule has 0 spiro atoms. The smallest absolute Gasteiger partial charge is 0.264 e. The third-order valence-electron chi connectivity index (χ3n) is 1.12. The summed E-state index contributed by atoms with van der Waals surface area (Å²) in [7, 11) is 0. The first kappa shape index (κ1) is 6.10. The van der Waals surface area contributed by atoms with Crippen LogP contribution in [0.3, 0.4) is 0 Å². The van der Waals surface area contributed by atoms with Gasteiger partial charge < -0.3 is 11.1 Å². The largest absolute Gasteiger partial charge is 0.368 e. The topological polar surface area (TPSA) is 67.2 Å². The molecule has 1 aliphatic heterocycles. The maximum absolute atomic E-state index is 10.4. The van der Waals surface area contributed by atoms with Crippen molar-refractivity contribution in [3.8, 4) is 0 Å². The maximum Gasteiger partial charge on any atom is 0.264 e. The Morgan fingerprint density at radius 3 is 2.89 bits per heavy atom. The first-order valence-corrected chi connectivity index (χ1v) is 2.75. The van der Waals surface area contributed by atoms with Crippen LogP contribution in [0.2, 0.25) is 0 Å². The zero-order chi connectivity index (χ0) is 6.69. The Morgan fingerprint density at radius 2 is 2.56 bits per heavy atom. The molecule has 1 amide bonds. The normalized spacial score (nSPS) is 18.0. The lowest BCUT2D eigenvalue weighted by atomic mass is 10.3. The van der Waals surface area contributed by atoms with E-state index in [2.05, 4.69) is 10.6 Å². The molecule has 9 heavy (non-hydrogen) atoms. The fraction of sp³-hybridized carbons (Fsp3) is 0.400. The van der Waals surface area contributed by atoms with Gasteiger partial charge in [-0.15, -0.1) is 0 Å². The van der Waals surface area contributed by atoms with Crippen molar-refractivity contribution in [1.82, 2.24) is 10.6 Å². The zero-order valence-electron chi connectivity index (χ0n) is 4.98. The first-order valence-electron chi connectivity index (χ1n) is 2.75. The molecule has 1 aliphatic rings. The van der Waals surface area contributed by atoms with Crippen molar-refractivity contribution >= 4 is 5.91 Å². The fourth-order valence-electron chi connectivity index (χ4n) is 0.664. The van der Waals surface area contributed by atoms with Gasteiger partial charge >= 0.3 is 0 Å². The number of nitrogens with one attached hydrogen (secondary N) is 2. The zero-order valence-corrected chi connectivity index (χ0v) is 4.98. The Kier molecular flexibility index (Phi) is 1.69. The molecule has 0 aromatic rings. The van der Waals surface area contributed by atoms with Crippen molar-refractivity contribution in [1.29, 1.82) is 0 Å². The predicted octanol–water partition coefficient (Wildman–Crippen LogP) is -1.49. The van der Waals surface area contributed by atoms with Crippen LogP contribution in [0.15, 0.2) is 11.8 Å². The Labute approximate surface area is 53.1 Å². The Hall–Kier alpha value is -1.03. The van der Waals surface area contributed by atoms with Gasteiger partial charge in [0.05, 0.1) is 12.4 Å². The number of primary amides is 1. The van der Waals surface area contributed by atoms with E-state index in [9.17, 15) is 4.79 Å². The first-order chi connectivity index (χ1) is 4.30. The minimum atomic E-state index is -0.392. The lowest BCUT2D eigenvalue weighted by Crippen LogP contribution is -2.38. The molecule has 0 aromatic heterocycles. The summed E-state index contributed by atoms with van der Waals surface area (Å²) in [5, 5.41) is 5.77. The SMILES string of the molecule is NC(=O)C1=CCNCN1. The second-order valence-corrected chi connectivity index (χ2v) is 1.79. The van der Waals surface area contributed by atoms with Gasteiger partial charge in [-0.25, -0.2) is 0 Å². The van der Waals surface area contributed by atoms with E-state index in [-0.39, 0.29) is 0 Å². The quantitative estimate of drug-likeness (QED) is 0.402. The van der Waals surface area contributed by atoms with Gasteiger partial charge in [0.2, 0.25) is 0 Å². The number of nitrogens with two attached hydrogens (primary N) is 1. The van der Waals surface area contributed by atoms with E-state index in [0.717, 1.165) is 0 Å². The van der Waals surface area contributed by atoms with Crippen molar-refractivity contribution in [2.45, 2.75) is 0 Å². The van der Waals surface area contributed by atoms with Gasteiger partial charge in [0.1, 0.15) is 0 Å². The van der Waals surface area contributed by atoms with E-state index in [0.29, 0.717) is 18.9 Å². The summed E-state index contributed by atoms with van der Waals surface area (Å²) in [5.41, 5.74) is 5.48. The summed E-state index contributed by atoms with van der Waals surface area (Å²) in [6.07, 6.45) is 1.73. The van der Waals surface area contributed by atoms with E-state index < -0.39 is 5.91 Å². The van der Waals surface area contributed by atoms with Crippen LogP contribution in [0.25, 0.3) is 0 Å². The minimum absolute atomic E-state index is 0.392. The molecule has 50 valence electrons. The van der Waals surface area contributed by atoms with E-state index in [1.165, 1.54) is 0 Å². The predicted molar refractivity (Wildman–Crippen MR) is 33.3 cm³/mol. The van der Waals surface area contributed by atoms with Gasteiger partial charge in [0, 0.05) is 6.54 Å². The number of amides is 1. The molecule has 4 heteroatoms. The van der Waals surface area contributed by atoms with Crippen molar-refractivity contribution in [2.75, 3.05) is 13.2 Å². The van der Waals surface area contributed by atoms with Crippen molar-refractivity contribution in [3.63, 3.8) is 0 Å². The van der Waals surface area contributed by atoms with Crippen LogP contribution in [0.5, 0.6) is 0 Å². The fourth-order valence-corrected chi connectivity index (χ4v) is 0.664. The lowest BCUT2D eigenvalue weighted by Gasteiger charge is -2.12. The Bertz CT molecular complexity index is 152. The summed E-state index contributed by atoms with van der Waals surface area (Å²) < 4.78 is 0. The lowest BCUT2D eigenvalue weighted by molar-refractivity contribution is -0.115. The van der Waals surface area contributed by atoms with Gasteiger partial charge in [0.25, 0.3) is 5.91 Å². The summed E-state index contributed by atoms with van der Waals surface area (Å²) in [6, 6.07) is 0. The van der Waals surface area contributed by atoms with Gasteiger partial charge in [-0.2, -0.15) is 0 Å². The highest BCUT2D eigenvalue weighted by Crippen LogP contribution is 1.88. The molecule has 0 aliphatic carbocycles. The molecule has 0 radical (unpaired) electrons. The van der Waals surface area contributed by atoms with Gasteiger partial charge in [0.15, 0.2) is 0 Å². The van der Waals surface area contributed by atoms with Gasteiger partial charge in [-0.3, -0.25) is 10.1 Å². The Morgan fingerprint density at radius 1 is 1.78 bits per heavy atom. The molecule has 0 unspecified atom stereocenters. The number of hydrogen-bond acceptors (Lipinski definition) is 3. The molecule has 0 saturated carbocycles. The average molecular weight is 127 g/mol. The average Bonchev–Trinajstić information content (AvgIpc) is 1.90. The van der Waals surface area contributed by atoms with E-state index >= 15 is 0 Å². The summed E-state index contributed by atoms with van der Waals surface area (Å²) >= 11 is 0. The molecule has 1 rings (SSSR count). The van der Waals surface area contributed by atoms with Crippen LogP contribution < -0.4 is 16.4 Å². The third-order valence-corrected chi connectivity index (χ3v) is 1.12. The standard InChI is InChI=1S/C5H9N3O/c6-5(9)4-1-2-7-3-8-4/h1,7-8H,2-3H2,(H2,6,9). The number of hydrogen-bond donors (Lipinski definition) is 3. The number of carbonyl (C=O) groups is 1. The van der Waals surface area contributed by atoms with Crippen LogP contribution in [0.4, 0.5) is 0 Å². The van der Waals surface area contributed by atoms with Crippen LogP contribution in [0, 0.1) is 0 Å². The van der Waals surface area contributed by atoms with E-state index in [1.54, 1.807) is 6.08 Å². The summed E-state index contributed by atoms with van der Waals surface area (Å²) in [5.74, 6) is -0.392. The summed E-state index contributed by atoms with van der Waals surface area (Å²) in [6.45, 7) is 1.33. The van der Waals surface area contributed by atoms with Crippen LogP contribution in [-0.4, -0.2) is 19.1 Å². The maximum atomic E-state index is 10.4. The molecular formula is C5H9N3O. The highest BCUT2D eigenvalue weighted by atomic mass is 16.1. The third kappa shape index (κ3) is 1.43. The van der Waals surface area contributed by atoms with E-state index in [4.69, 9.17) is 5.73 Å². The summed E-state index contributed by atoms with van der Waals surface area (Å²) in [4.78, 5) is 10.4. The highest BCUT2D eigenvalue weighted by molar-refractivity contribution is 5.91. The molecular weight excluding hydrogens is 118 g/mol. The molecule has 0 atom stereocenters. The van der Waals surface area contributed by atoms with Crippen molar-refractivity contribution in [3.05, 3.63) is 11.8 Å². The Balaban J connectivity index is 2.57. The van der Waals surface area contributed by atoms with Gasteiger partial charge in [-0.05, 0) is 6.08 Å². The minimum Gasteiger partial charge on any atom is -0.368 e.